The van der Waals surface area contributed by atoms with E-state index in [0.29, 0.717) is 18.7 Å². The standard InChI is InChI=1S/C34H44N2O2/c1-3-5-7-9-11-15-24-35-32-26-30(29-21-17-19-27-18-13-14-20-28(27)29)34(38)36(31(32)22-23-33(35)37)25-16-12-10-8-6-4-2/h13-14,17-23,26H,3-12,15-16,24-25H2,1-2H3. The Morgan fingerprint density at radius 2 is 1.16 bits per heavy atom. The number of aryl methyl sites for hydroxylation is 2. The zero-order valence-electron chi connectivity index (χ0n) is 23.4. The van der Waals surface area contributed by atoms with Crippen LogP contribution in [0.1, 0.15) is 90.9 Å². The van der Waals surface area contributed by atoms with E-state index in [2.05, 4.69) is 32.0 Å². The highest BCUT2D eigenvalue weighted by Crippen LogP contribution is 2.28. The molecule has 38 heavy (non-hydrogen) atoms. The van der Waals surface area contributed by atoms with Crippen molar-refractivity contribution in [3.63, 3.8) is 0 Å². The Kier molecular flexibility index (Phi) is 10.4. The Morgan fingerprint density at radius 1 is 0.553 bits per heavy atom. The van der Waals surface area contributed by atoms with E-state index in [-0.39, 0.29) is 11.1 Å². The van der Waals surface area contributed by atoms with Gasteiger partial charge in [0.1, 0.15) is 0 Å². The molecule has 0 aliphatic heterocycles. The predicted octanol–water partition coefficient (Wildman–Crippen LogP) is 8.70. The third-order valence-corrected chi connectivity index (χ3v) is 7.80. The van der Waals surface area contributed by atoms with Crippen LogP contribution in [0, 0.1) is 0 Å². The van der Waals surface area contributed by atoms with Crippen LogP contribution in [0.15, 0.2) is 70.3 Å². The van der Waals surface area contributed by atoms with Crippen LogP contribution in [0.2, 0.25) is 0 Å². The summed E-state index contributed by atoms with van der Waals surface area (Å²) in [6, 6.07) is 19.9. The first-order chi connectivity index (χ1) is 18.7. The molecule has 2 heterocycles. The minimum atomic E-state index is 0.0136. The molecule has 4 aromatic rings. The van der Waals surface area contributed by atoms with Crippen LogP contribution in [-0.2, 0) is 13.1 Å². The molecule has 2 aromatic carbocycles. The van der Waals surface area contributed by atoms with Crippen molar-refractivity contribution >= 4 is 21.8 Å². The van der Waals surface area contributed by atoms with Crippen LogP contribution in [-0.4, -0.2) is 9.13 Å². The van der Waals surface area contributed by atoms with Gasteiger partial charge in [0, 0.05) is 24.7 Å². The summed E-state index contributed by atoms with van der Waals surface area (Å²) in [4.78, 5) is 27.1. The van der Waals surface area contributed by atoms with Crippen molar-refractivity contribution in [1.82, 2.24) is 9.13 Å². The molecule has 202 valence electrons. The van der Waals surface area contributed by atoms with Crippen molar-refractivity contribution in [2.45, 2.75) is 104 Å². The summed E-state index contributed by atoms with van der Waals surface area (Å²) in [7, 11) is 0. The maximum Gasteiger partial charge on any atom is 0.259 e. The molecule has 0 atom stereocenters. The maximum absolute atomic E-state index is 14.0. The van der Waals surface area contributed by atoms with Gasteiger partial charge in [0.2, 0.25) is 0 Å². The molecule has 0 aliphatic carbocycles. The third-order valence-electron chi connectivity index (χ3n) is 7.80. The Bertz CT molecular complexity index is 1440. The quantitative estimate of drug-likeness (QED) is 0.150. The number of unbranched alkanes of at least 4 members (excludes halogenated alkanes) is 10. The Morgan fingerprint density at radius 3 is 1.87 bits per heavy atom. The highest BCUT2D eigenvalue weighted by molar-refractivity contribution is 5.97. The molecule has 0 fully saturated rings. The second-order valence-electron chi connectivity index (χ2n) is 10.7. The molecule has 0 unspecified atom stereocenters. The summed E-state index contributed by atoms with van der Waals surface area (Å²) < 4.78 is 3.84. The number of hydrogen-bond acceptors (Lipinski definition) is 2. The molecule has 0 N–H and O–H groups in total. The van der Waals surface area contributed by atoms with Crippen molar-refractivity contribution < 1.29 is 0 Å². The van der Waals surface area contributed by atoms with E-state index >= 15 is 0 Å². The first-order valence-electron chi connectivity index (χ1n) is 14.9. The number of aromatic nitrogens is 2. The first-order valence-corrected chi connectivity index (χ1v) is 14.9. The van der Waals surface area contributed by atoms with Gasteiger partial charge in [0.15, 0.2) is 0 Å². The second-order valence-corrected chi connectivity index (χ2v) is 10.7. The zero-order valence-corrected chi connectivity index (χ0v) is 23.4. The minimum Gasteiger partial charge on any atom is -0.307 e. The van der Waals surface area contributed by atoms with E-state index in [9.17, 15) is 9.59 Å². The van der Waals surface area contributed by atoms with E-state index in [1.54, 1.807) is 6.07 Å². The maximum atomic E-state index is 14.0. The van der Waals surface area contributed by atoms with Crippen molar-refractivity contribution in [3.8, 4) is 11.1 Å². The van der Waals surface area contributed by atoms with E-state index in [4.69, 9.17) is 0 Å². The molecule has 0 bridgehead atoms. The summed E-state index contributed by atoms with van der Waals surface area (Å²) in [6.07, 6.45) is 14.1. The van der Waals surface area contributed by atoms with Gasteiger partial charge in [-0.25, -0.2) is 0 Å². The highest BCUT2D eigenvalue weighted by atomic mass is 16.1. The Labute approximate surface area is 227 Å². The fourth-order valence-electron chi connectivity index (χ4n) is 5.62. The lowest BCUT2D eigenvalue weighted by Gasteiger charge is -2.17. The predicted molar refractivity (Wildman–Crippen MR) is 162 cm³/mol. The second kappa shape index (κ2) is 14.1. The number of hydrogen-bond donors (Lipinski definition) is 0. The molecule has 0 amide bonds. The average molecular weight is 513 g/mol. The van der Waals surface area contributed by atoms with E-state index in [0.717, 1.165) is 53.1 Å². The van der Waals surface area contributed by atoms with Gasteiger partial charge < -0.3 is 9.13 Å². The molecular formula is C34H44N2O2. The molecule has 0 radical (unpaired) electrons. The van der Waals surface area contributed by atoms with Gasteiger partial charge in [-0.2, -0.15) is 0 Å². The number of pyridine rings is 2. The van der Waals surface area contributed by atoms with E-state index in [1.807, 2.05) is 45.5 Å². The van der Waals surface area contributed by atoms with Gasteiger partial charge in [-0.05, 0) is 41.3 Å². The normalized spacial score (nSPS) is 11.5. The van der Waals surface area contributed by atoms with Gasteiger partial charge in [-0.1, -0.05) is 121 Å². The number of rotatable bonds is 15. The van der Waals surface area contributed by atoms with Crippen LogP contribution in [0.5, 0.6) is 0 Å². The van der Waals surface area contributed by atoms with Crippen LogP contribution in [0.4, 0.5) is 0 Å². The fraction of sp³-hybridized carbons (Fsp3) is 0.471. The largest absolute Gasteiger partial charge is 0.307 e. The number of fused-ring (bicyclic) bond motifs is 2. The van der Waals surface area contributed by atoms with Crippen LogP contribution in [0.3, 0.4) is 0 Å². The highest BCUT2D eigenvalue weighted by Gasteiger charge is 2.16. The smallest absolute Gasteiger partial charge is 0.259 e. The number of nitrogens with zero attached hydrogens (tertiary/aromatic N) is 2. The summed E-state index contributed by atoms with van der Waals surface area (Å²) in [5, 5.41) is 2.18. The van der Waals surface area contributed by atoms with Crippen molar-refractivity contribution in [2.75, 3.05) is 0 Å². The number of benzene rings is 2. The summed E-state index contributed by atoms with van der Waals surface area (Å²) in [6.45, 7) is 5.82. The molecular weight excluding hydrogens is 468 g/mol. The molecule has 4 rings (SSSR count). The Balaban J connectivity index is 1.76. The molecule has 0 saturated heterocycles. The van der Waals surface area contributed by atoms with Crippen molar-refractivity contribution in [1.29, 1.82) is 0 Å². The summed E-state index contributed by atoms with van der Waals surface area (Å²) in [5.74, 6) is 0. The molecule has 0 spiro atoms. The van der Waals surface area contributed by atoms with Crippen LogP contribution in [0.25, 0.3) is 32.9 Å². The third kappa shape index (κ3) is 6.64. The molecule has 4 heteroatoms. The van der Waals surface area contributed by atoms with Gasteiger partial charge in [0.05, 0.1) is 11.0 Å². The van der Waals surface area contributed by atoms with Gasteiger partial charge in [-0.3, -0.25) is 9.59 Å². The van der Waals surface area contributed by atoms with Crippen molar-refractivity contribution in [2.24, 2.45) is 0 Å². The van der Waals surface area contributed by atoms with E-state index < -0.39 is 0 Å². The van der Waals surface area contributed by atoms with Crippen molar-refractivity contribution in [3.05, 3.63) is 81.4 Å². The summed E-state index contributed by atoms with van der Waals surface area (Å²) in [5.41, 5.74) is 3.42. The van der Waals surface area contributed by atoms with Gasteiger partial charge in [-0.15, -0.1) is 0 Å². The lowest BCUT2D eigenvalue weighted by atomic mass is 9.98. The van der Waals surface area contributed by atoms with Gasteiger partial charge in [0.25, 0.3) is 11.1 Å². The van der Waals surface area contributed by atoms with Gasteiger partial charge >= 0.3 is 0 Å². The monoisotopic (exact) mass is 512 g/mol. The molecule has 4 nitrogen and oxygen atoms in total. The average Bonchev–Trinajstić information content (AvgIpc) is 2.94. The molecule has 0 aliphatic rings. The SMILES string of the molecule is CCCCCCCCn1c(=O)ccc2c1cc(-c1cccc3ccccc13)c(=O)n2CCCCCCCC. The molecule has 0 saturated carbocycles. The first kappa shape index (κ1) is 27.9. The van der Waals surface area contributed by atoms with Crippen LogP contribution >= 0.6 is 0 Å². The lowest BCUT2D eigenvalue weighted by molar-refractivity contribution is 0.551. The fourth-order valence-corrected chi connectivity index (χ4v) is 5.62. The zero-order chi connectivity index (χ0) is 26.7. The Hall–Kier alpha value is -3.14. The van der Waals surface area contributed by atoms with E-state index in [1.165, 1.54) is 51.4 Å². The van der Waals surface area contributed by atoms with Crippen LogP contribution < -0.4 is 11.1 Å². The minimum absolute atomic E-state index is 0.0136. The lowest BCUT2D eigenvalue weighted by Crippen LogP contribution is -2.27. The topological polar surface area (TPSA) is 44.0 Å². The molecule has 2 aromatic heterocycles. The summed E-state index contributed by atoms with van der Waals surface area (Å²) >= 11 is 0.